The second-order valence-electron chi connectivity index (χ2n) is 26.3. The van der Waals surface area contributed by atoms with Crippen molar-refractivity contribution in [1.29, 1.82) is 0 Å². The number of carbonyl (C=O) groups is 2. The fraction of sp³-hybridized carbons (Fsp3) is 0.947. The smallest absolute Gasteiger partial charge is 0.305 e. The molecule has 0 bridgehead atoms. The van der Waals surface area contributed by atoms with E-state index in [1.165, 1.54) is 366 Å². The molecule has 0 fully saturated rings. The van der Waals surface area contributed by atoms with Gasteiger partial charge in [-0.05, 0) is 51.4 Å². The van der Waals surface area contributed by atoms with Crippen LogP contribution in [0.1, 0.15) is 438 Å². The van der Waals surface area contributed by atoms with Crippen LogP contribution >= 0.6 is 0 Å². The standard InChI is InChI=1S/C76H149NO5/c1-3-5-7-9-11-13-15-16-42-45-49-52-56-60-64-68-74(79)73(72-78)77-75(80)69-65-61-57-53-50-46-43-40-38-36-34-32-30-28-26-24-22-20-18-17-19-21-23-25-27-29-31-33-35-37-39-41-44-47-51-55-59-63-67-71-82-76(81)70-66-62-58-54-48-14-12-10-8-6-4-2/h17-18,73-74,78-79H,3-16,19-72H2,1-2H3,(H,77,80)/b18-17-. The molecule has 0 saturated carbocycles. The molecule has 1 amide bonds. The van der Waals surface area contributed by atoms with Gasteiger partial charge in [0.25, 0.3) is 0 Å². The lowest BCUT2D eigenvalue weighted by Crippen LogP contribution is -2.45. The molecule has 6 heteroatoms. The summed E-state index contributed by atoms with van der Waals surface area (Å²) in [5.74, 6) is -0.00390. The number of hydrogen-bond acceptors (Lipinski definition) is 5. The SMILES string of the molecule is CCCCCCCCCCCCCCCCCC(O)C(CO)NC(=O)CCCCCCCCCCCCCCCCCCC/C=C\CCCCCCCCCCCCCCCCCCCCOC(=O)CCCCCCCCCCCCC. The molecule has 2 atom stereocenters. The normalized spacial score (nSPS) is 12.5. The zero-order valence-electron chi connectivity index (χ0n) is 56.0. The highest BCUT2D eigenvalue weighted by Gasteiger charge is 2.20. The number of carbonyl (C=O) groups excluding carboxylic acids is 2. The van der Waals surface area contributed by atoms with E-state index in [-0.39, 0.29) is 18.5 Å². The maximum absolute atomic E-state index is 12.5. The largest absolute Gasteiger partial charge is 0.466 e. The van der Waals surface area contributed by atoms with E-state index in [0.717, 1.165) is 38.5 Å². The number of rotatable bonds is 72. The molecule has 488 valence electrons. The Morgan fingerprint density at radius 2 is 0.573 bits per heavy atom. The fourth-order valence-electron chi connectivity index (χ4n) is 12.3. The van der Waals surface area contributed by atoms with E-state index in [1.807, 2.05) is 0 Å². The van der Waals surface area contributed by atoms with Gasteiger partial charge in [-0.2, -0.15) is 0 Å². The van der Waals surface area contributed by atoms with Crippen LogP contribution in [0.2, 0.25) is 0 Å². The summed E-state index contributed by atoms with van der Waals surface area (Å²) in [4.78, 5) is 24.5. The summed E-state index contributed by atoms with van der Waals surface area (Å²) in [5, 5.41) is 23.3. The van der Waals surface area contributed by atoms with E-state index < -0.39 is 12.1 Å². The molecule has 0 heterocycles. The summed E-state index contributed by atoms with van der Waals surface area (Å²) in [5.41, 5.74) is 0. The van der Waals surface area contributed by atoms with E-state index in [1.54, 1.807) is 0 Å². The molecule has 0 rings (SSSR count). The topological polar surface area (TPSA) is 95.9 Å². The van der Waals surface area contributed by atoms with Gasteiger partial charge in [0.05, 0.1) is 25.4 Å². The molecule has 0 aromatic heterocycles. The Hall–Kier alpha value is -1.40. The Morgan fingerprint density at radius 3 is 0.866 bits per heavy atom. The summed E-state index contributed by atoms with van der Waals surface area (Å²) in [6.07, 6.45) is 90.2. The van der Waals surface area contributed by atoms with E-state index in [4.69, 9.17) is 4.74 Å². The van der Waals surface area contributed by atoms with Crippen molar-refractivity contribution >= 4 is 11.9 Å². The quantitative estimate of drug-likeness (QED) is 0.0320. The predicted octanol–water partition coefficient (Wildman–Crippen LogP) is 24.7. The van der Waals surface area contributed by atoms with Gasteiger partial charge < -0.3 is 20.3 Å². The first-order valence-corrected chi connectivity index (χ1v) is 37.9. The first kappa shape index (κ1) is 80.6. The molecule has 0 aliphatic carbocycles. The van der Waals surface area contributed by atoms with Crippen LogP contribution in [0, 0.1) is 0 Å². The third-order valence-electron chi connectivity index (χ3n) is 18.1. The van der Waals surface area contributed by atoms with Gasteiger partial charge in [0.1, 0.15) is 0 Å². The van der Waals surface area contributed by atoms with Crippen LogP contribution in [0.15, 0.2) is 12.2 Å². The van der Waals surface area contributed by atoms with E-state index in [2.05, 4.69) is 31.3 Å². The molecule has 0 saturated heterocycles. The number of esters is 1. The third-order valence-corrected chi connectivity index (χ3v) is 18.1. The number of unbranched alkanes of at least 4 members (excludes halogenated alkanes) is 59. The lowest BCUT2D eigenvalue weighted by molar-refractivity contribution is -0.143. The van der Waals surface area contributed by atoms with Crippen LogP contribution < -0.4 is 5.32 Å². The van der Waals surface area contributed by atoms with Crippen molar-refractivity contribution in [2.24, 2.45) is 0 Å². The molecule has 82 heavy (non-hydrogen) atoms. The minimum atomic E-state index is -0.660. The highest BCUT2D eigenvalue weighted by molar-refractivity contribution is 5.76. The van der Waals surface area contributed by atoms with Crippen molar-refractivity contribution in [2.45, 2.75) is 450 Å². The molecule has 0 aromatic carbocycles. The maximum Gasteiger partial charge on any atom is 0.305 e. The van der Waals surface area contributed by atoms with Gasteiger partial charge in [-0.15, -0.1) is 0 Å². The second-order valence-corrected chi connectivity index (χ2v) is 26.3. The van der Waals surface area contributed by atoms with Crippen molar-refractivity contribution in [2.75, 3.05) is 13.2 Å². The molecule has 2 unspecified atom stereocenters. The molecule has 0 spiro atoms. The van der Waals surface area contributed by atoms with Gasteiger partial charge in [-0.25, -0.2) is 0 Å². The Kier molecular flexibility index (Phi) is 70.8. The monoisotopic (exact) mass is 1160 g/mol. The van der Waals surface area contributed by atoms with Crippen LogP contribution in [0.25, 0.3) is 0 Å². The number of nitrogens with one attached hydrogen (secondary N) is 1. The molecule has 6 nitrogen and oxygen atoms in total. The third kappa shape index (κ3) is 67.7. The van der Waals surface area contributed by atoms with Crippen molar-refractivity contribution in [3.05, 3.63) is 12.2 Å². The van der Waals surface area contributed by atoms with Crippen molar-refractivity contribution in [3.63, 3.8) is 0 Å². The molecule has 0 aliphatic rings. The molecule has 0 radical (unpaired) electrons. The highest BCUT2D eigenvalue weighted by atomic mass is 16.5. The summed E-state index contributed by atoms with van der Waals surface area (Å²) >= 11 is 0. The number of ether oxygens (including phenoxy) is 1. The zero-order valence-corrected chi connectivity index (χ0v) is 56.0. The van der Waals surface area contributed by atoms with Crippen LogP contribution in [0.5, 0.6) is 0 Å². The van der Waals surface area contributed by atoms with Crippen molar-refractivity contribution in [3.8, 4) is 0 Å². The molecule has 0 aliphatic heterocycles. The van der Waals surface area contributed by atoms with Crippen LogP contribution in [-0.4, -0.2) is 47.4 Å². The summed E-state index contributed by atoms with van der Waals surface area (Å²) < 4.78 is 5.48. The molecular weight excluding hydrogens is 1010 g/mol. The van der Waals surface area contributed by atoms with Gasteiger partial charge in [0.15, 0.2) is 0 Å². The summed E-state index contributed by atoms with van der Waals surface area (Å²) in [6.45, 7) is 4.99. The lowest BCUT2D eigenvalue weighted by atomic mass is 10.0. The second kappa shape index (κ2) is 72.1. The Labute approximate surface area is 514 Å². The van der Waals surface area contributed by atoms with Crippen molar-refractivity contribution in [1.82, 2.24) is 5.32 Å². The zero-order chi connectivity index (χ0) is 59.2. The van der Waals surface area contributed by atoms with E-state index in [0.29, 0.717) is 25.9 Å². The number of allylic oxidation sites excluding steroid dienone is 2. The Balaban J connectivity index is 3.31. The fourth-order valence-corrected chi connectivity index (χ4v) is 12.3. The number of aliphatic hydroxyl groups excluding tert-OH is 2. The molecular formula is C76H149NO5. The maximum atomic E-state index is 12.5. The summed E-state index contributed by atoms with van der Waals surface area (Å²) in [6, 6.07) is -0.537. The van der Waals surface area contributed by atoms with Gasteiger partial charge in [-0.3, -0.25) is 9.59 Å². The average Bonchev–Trinajstić information content (AvgIpc) is 3.48. The molecule has 0 aromatic rings. The Bertz CT molecular complexity index is 1240. The minimum absolute atomic E-state index is 0.0230. The van der Waals surface area contributed by atoms with Gasteiger partial charge in [0, 0.05) is 12.8 Å². The average molecular weight is 1160 g/mol. The first-order valence-electron chi connectivity index (χ1n) is 37.9. The van der Waals surface area contributed by atoms with Gasteiger partial charge >= 0.3 is 5.97 Å². The van der Waals surface area contributed by atoms with E-state index in [9.17, 15) is 19.8 Å². The lowest BCUT2D eigenvalue weighted by Gasteiger charge is -2.22. The number of hydrogen-bond donors (Lipinski definition) is 3. The number of amides is 1. The Morgan fingerprint density at radius 1 is 0.329 bits per heavy atom. The van der Waals surface area contributed by atoms with Gasteiger partial charge in [-0.1, -0.05) is 386 Å². The first-order chi connectivity index (χ1) is 40.5. The van der Waals surface area contributed by atoms with Crippen LogP contribution in [0.3, 0.4) is 0 Å². The molecule has 3 N–H and O–H groups in total. The van der Waals surface area contributed by atoms with Crippen LogP contribution in [-0.2, 0) is 14.3 Å². The van der Waals surface area contributed by atoms with Crippen molar-refractivity contribution < 1.29 is 24.5 Å². The van der Waals surface area contributed by atoms with Crippen LogP contribution in [0.4, 0.5) is 0 Å². The minimum Gasteiger partial charge on any atom is -0.466 e. The number of aliphatic hydroxyl groups is 2. The van der Waals surface area contributed by atoms with Gasteiger partial charge in [0.2, 0.25) is 5.91 Å². The summed E-state index contributed by atoms with van der Waals surface area (Å²) in [7, 11) is 0. The predicted molar refractivity (Wildman–Crippen MR) is 361 cm³/mol. The van der Waals surface area contributed by atoms with E-state index >= 15 is 0 Å². The highest BCUT2D eigenvalue weighted by Crippen LogP contribution is 2.20.